The van der Waals surface area contributed by atoms with Gasteiger partial charge in [0.25, 0.3) is 0 Å². The lowest BCUT2D eigenvalue weighted by atomic mass is 9.44. The molecule has 0 amide bonds. The van der Waals surface area contributed by atoms with Crippen LogP contribution < -0.4 is 0 Å². The Morgan fingerprint density at radius 2 is 1.92 bits per heavy atom. The van der Waals surface area contributed by atoms with E-state index in [-0.39, 0.29) is 29.0 Å². The summed E-state index contributed by atoms with van der Waals surface area (Å²) in [7, 11) is 0. The molecule has 9 unspecified atom stereocenters. The van der Waals surface area contributed by atoms with Crippen molar-refractivity contribution in [3.8, 4) is 0 Å². The van der Waals surface area contributed by atoms with Gasteiger partial charge in [-0.1, -0.05) is 19.9 Å². The molecule has 4 fully saturated rings. The SMILES string of the molecule is C=CC1CCC2C3CCC4CC(O)CCC4(C)C3C(OC(C)=O)CC12C. The van der Waals surface area contributed by atoms with Crippen molar-refractivity contribution in [2.75, 3.05) is 0 Å². The van der Waals surface area contributed by atoms with Crippen molar-refractivity contribution in [1.82, 2.24) is 0 Å². The van der Waals surface area contributed by atoms with Gasteiger partial charge in [0.05, 0.1) is 6.10 Å². The van der Waals surface area contributed by atoms with Crippen LogP contribution in [0.5, 0.6) is 0 Å². The molecule has 3 heteroatoms. The third-order valence-corrected chi connectivity index (χ3v) is 9.22. The molecule has 4 aliphatic rings. The first kappa shape index (κ1) is 18.5. The predicted molar refractivity (Wildman–Crippen MR) is 102 cm³/mol. The van der Waals surface area contributed by atoms with Crippen LogP contribution in [0.3, 0.4) is 0 Å². The lowest BCUT2D eigenvalue weighted by molar-refractivity contribution is -0.196. The second-order valence-corrected chi connectivity index (χ2v) is 10.3. The van der Waals surface area contributed by atoms with Crippen LogP contribution in [0.4, 0.5) is 0 Å². The first-order valence-corrected chi connectivity index (χ1v) is 10.8. The van der Waals surface area contributed by atoms with Crippen molar-refractivity contribution in [3.05, 3.63) is 12.7 Å². The largest absolute Gasteiger partial charge is 0.462 e. The van der Waals surface area contributed by atoms with E-state index >= 15 is 0 Å². The lowest BCUT2D eigenvalue weighted by Crippen LogP contribution is -2.59. The fourth-order valence-electron chi connectivity index (χ4n) is 8.07. The smallest absolute Gasteiger partial charge is 0.302 e. The molecule has 4 aliphatic carbocycles. The summed E-state index contributed by atoms with van der Waals surface area (Å²) in [4.78, 5) is 12.0. The van der Waals surface area contributed by atoms with E-state index in [0.29, 0.717) is 23.7 Å². The van der Waals surface area contributed by atoms with E-state index in [0.717, 1.165) is 31.6 Å². The van der Waals surface area contributed by atoms with Crippen molar-refractivity contribution in [2.24, 2.45) is 40.4 Å². The fraction of sp³-hybridized carbons (Fsp3) is 0.870. The Hall–Kier alpha value is -0.830. The van der Waals surface area contributed by atoms with E-state index in [1.807, 2.05) is 0 Å². The van der Waals surface area contributed by atoms with Crippen molar-refractivity contribution >= 4 is 5.97 Å². The summed E-state index contributed by atoms with van der Waals surface area (Å²) in [5, 5.41) is 10.2. The highest BCUT2D eigenvalue weighted by atomic mass is 16.5. The molecule has 0 radical (unpaired) electrons. The molecule has 26 heavy (non-hydrogen) atoms. The van der Waals surface area contributed by atoms with Gasteiger partial charge < -0.3 is 9.84 Å². The summed E-state index contributed by atoms with van der Waals surface area (Å²) in [5.74, 6) is 2.83. The highest BCUT2D eigenvalue weighted by Crippen LogP contribution is 2.68. The molecule has 0 aliphatic heterocycles. The molecular weight excluding hydrogens is 324 g/mol. The standard InChI is InChI=1S/C23H36O3/c1-5-15-7-9-19-18-8-6-16-12-17(25)10-11-22(16,3)21(18)20(26-14(2)24)13-23(15,19)4/h5,15-21,25H,1,6-13H2,2-4H3. The normalized spacial score (nSPS) is 53.2. The van der Waals surface area contributed by atoms with Crippen LogP contribution in [0.25, 0.3) is 0 Å². The molecule has 0 aromatic heterocycles. The third-order valence-electron chi connectivity index (χ3n) is 9.22. The Kier molecular flexibility index (Phi) is 4.53. The van der Waals surface area contributed by atoms with Gasteiger partial charge in [0, 0.05) is 12.8 Å². The molecule has 0 spiro atoms. The molecule has 0 bridgehead atoms. The van der Waals surface area contributed by atoms with Crippen LogP contribution in [0, 0.1) is 40.4 Å². The van der Waals surface area contributed by atoms with Crippen LogP contribution in [0.1, 0.15) is 72.1 Å². The van der Waals surface area contributed by atoms with Crippen LogP contribution in [-0.4, -0.2) is 23.3 Å². The highest BCUT2D eigenvalue weighted by Gasteiger charge is 2.63. The van der Waals surface area contributed by atoms with Gasteiger partial charge in [-0.3, -0.25) is 4.79 Å². The van der Waals surface area contributed by atoms with Crippen molar-refractivity contribution in [2.45, 2.75) is 84.3 Å². The van der Waals surface area contributed by atoms with E-state index in [9.17, 15) is 9.90 Å². The van der Waals surface area contributed by atoms with Crippen molar-refractivity contribution in [1.29, 1.82) is 0 Å². The van der Waals surface area contributed by atoms with Gasteiger partial charge in [0.1, 0.15) is 6.10 Å². The summed E-state index contributed by atoms with van der Waals surface area (Å²) >= 11 is 0. The van der Waals surface area contributed by atoms with Crippen LogP contribution >= 0.6 is 0 Å². The first-order chi connectivity index (χ1) is 12.3. The topological polar surface area (TPSA) is 46.5 Å². The van der Waals surface area contributed by atoms with Gasteiger partial charge in [0.15, 0.2) is 0 Å². The Morgan fingerprint density at radius 1 is 1.15 bits per heavy atom. The number of fused-ring (bicyclic) bond motifs is 5. The Balaban J connectivity index is 1.72. The van der Waals surface area contributed by atoms with Crippen molar-refractivity contribution in [3.63, 3.8) is 0 Å². The number of ether oxygens (including phenoxy) is 1. The minimum absolute atomic E-state index is 0.0299. The van der Waals surface area contributed by atoms with E-state index in [2.05, 4.69) is 26.5 Å². The van der Waals surface area contributed by atoms with Gasteiger partial charge in [-0.15, -0.1) is 6.58 Å². The quantitative estimate of drug-likeness (QED) is 0.572. The highest BCUT2D eigenvalue weighted by molar-refractivity contribution is 5.66. The number of aliphatic hydroxyl groups excluding tert-OH is 1. The average Bonchev–Trinajstić information content (AvgIpc) is 2.90. The zero-order valence-electron chi connectivity index (χ0n) is 16.7. The maximum Gasteiger partial charge on any atom is 0.302 e. The Labute approximate surface area is 158 Å². The fourth-order valence-corrected chi connectivity index (χ4v) is 8.07. The van der Waals surface area contributed by atoms with E-state index in [4.69, 9.17) is 4.74 Å². The van der Waals surface area contributed by atoms with Gasteiger partial charge in [-0.2, -0.15) is 0 Å². The van der Waals surface area contributed by atoms with E-state index in [1.165, 1.54) is 25.7 Å². The molecular formula is C23H36O3. The predicted octanol–water partition coefficient (Wildman–Crippen LogP) is 4.73. The number of aliphatic hydroxyl groups is 1. The molecule has 0 aromatic carbocycles. The molecule has 0 aromatic rings. The second kappa shape index (κ2) is 6.36. The van der Waals surface area contributed by atoms with Crippen molar-refractivity contribution < 1.29 is 14.6 Å². The average molecular weight is 361 g/mol. The molecule has 4 rings (SSSR count). The second-order valence-electron chi connectivity index (χ2n) is 10.3. The number of allylic oxidation sites excluding steroid dienone is 1. The van der Waals surface area contributed by atoms with Crippen LogP contribution in [-0.2, 0) is 9.53 Å². The number of carbonyl (C=O) groups excluding carboxylic acids is 1. The molecule has 3 nitrogen and oxygen atoms in total. The number of esters is 1. The third kappa shape index (κ3) is 2.60. The summed E-state index contributed by atoms with van der Waals surface area (Å²) in [6.45, 7) is 10.6. The van der Waals surface area contributed by atoms with Gasteiger partial charge in [-0.05, 0) is 85.9 Å². The summed E-state index contributed by atoms with van der Waals surface area (Å²) in [6, 6.07) is 0. The summed E-state index contributed by atoms with van der Waals surface area (Å²) in [5.41, 5.74) is 0.427. The monoisotopic (exact) mass is 360 g/mol. The van der Waals surface area contributed by atoms with E-state index < -0.39 is 0 Å². The Bertz CT molecular complexity index is 586. The molecule has 0 saturated heterocycles. The maximum atomic E-state index is 12.0. The van der Waals surface area contributed by atoms with E-state index in [1.54, 1.807) is 6.92 Å². The molecule has 0 heterocycles. The Morgan fingerprint density at radius 3 is 2.62 bits per heavy atom. The number of carbonyl (C=O) groups is 1. The number of hydrogen-bond acceptors (Lipinski definition) is 3. The summed E-state index contributed by atoms with van der Waals surface area (Å²) < 4.78 is 6.03. The lowest BCUT2D eigenvalue weighted by Gasteiger charge is -2.62. The number of hydrogen-bond donors (Lipinski definition) is 1. The molecule has 146 valence electrons. The van der Waals surface area contributed by atoms with Gasteiger partial charge >= 0.3 is 5.97 Å². The van der Waals surface area contributed by atoms with Crippen LogP contribution in [0.15, 0.2) is 12.7 Å². The minimum Gasteiger partial charge on any atom is -0.462 e. The van der Waals surface area contributed by atoms with Gasteiger partial charge in [-0.25, -0.2) is 0 Å². The minimum atomic E-state index is -0.137. The molecule has 1 N–H and O–H groups in total. The van der Waals surface area contributed by atoms with Crippen LogP contribution in [0.2, 0.25) is 0 Å². The molecule has 4 saturated carbocycles. The number of rotatable bonds is 2. The summed E-state index contributed by atoms with van der Waals surface area (Å²) in [6.07, 6.45) is 11.0. The zero-order chi connectivity index (χ0) is 18.7. The zero-order valence-corrected chi connectivity index (χ0v) is 16.7. The van der Waals surface area contributed by atoms with Gasteiger partial charge in [0.2, 0.25) is 0 Å². The first-order valence-electron chi connectivity index (χ1n) is 10.8. The maximum absolute atomic E-state index is 12.0. The molecule has 9 atom stereocenters.